The first kappa shape index (κ1) is 16.9. The van der Waals surface area contributed by atoms with Crippen molar-refractivity contribution in [2.45, 2.75) is 20.1 Å². The van der Waals surface area contributed by atoms with Gasteiger partial charge in [-0.15, -0.1) is 11.3 Å². The van der Waals surface area contributed by atoms with Gasteiger partial charge >= 0.3 is 0 Å². The molecular weight excluding hydrogens is 340 g/mol. The average Bonchev–Trinajstić information content (AvgIpc) is 3.08. The fourth-order valence-electron chi connectivity index (χ4n) is 2.11. The quantitative estimate of drug-likeness (QED) is 0.460. The summed E-state index contributed by atoms with van der Waals surface area (Å²) in [6.45, 7) is 2.67. The molecule has 0 radical (unpaired) electrons. The SMILES string of the molecule is Cc1ccc(OCc2nc(COc3cccc([N+](=O)[O-])c3)cs2)cc1. The zero-order valence-electron chi connectivity index (χ0n) is 13.5. The van der Waals surface area contributed by atoms with Crippen LogP contribution in [0.4, 0.5) is 5.69 Å². The third-order valence-corrected chi connectivity index (χ3v) is 4.27. The lowest BCUT2D eigenvalue weighted by Crippen LogP contribution is -1.99. The number of aromatic nitrogens is 1. The molecule has 6 nitrogen and oxygen atoms in total. The van der Waals surface area contributed by atoms with E-state index in [-0.39, 0.29) is 12.3 Å². The van der Waals surface area contributed by atoms with Gasteiger partial charge in [0.1, 0.15) is 29.7 Å². The van der Waals surface area contributed by atoms with Crippen molar-refractivity contribution in [1.82, 2.24) is 4.98 Å². The number of thiazole rings is 1. The molecule has 25 heavy (non-hydrogen) atoms. The fourth-order valence-corrected chi connectivity index (χ4v) is 2.79. The Kier molecular flexibility index (Phi) is 5.25. The number of hydrogen-bond donors (Lipinski definition) is 0. The Morgan fingerprint density at radius 2 is 1.84 bits per heavy atom. The van der Waals surface area contributed by atoms with Crippen molar-refractivity contribution in [3.8, 4) is 11.5 Å². The van der Waals surface area contributed by atoms with E-state index in [9.17, 15) is 10.1 Å². The first-order valence-electron chi connectivity index (χ1n) is 7.60. The van der Waals surface area contributed by atoms with Crippen molar-refractivity contribution in [1.29, 1.82) is 0 Å². The maximum absolute atomic E-state index is 10.8. The molecule has 0 amide bonds. The molecule has 0 spiro atoms. The number of nitro groups is 1. The van der Waals surface area contributed by atoms with Crippen LogP contribution in [0.3, 0.4) is 0 Å². The average molecular weight is 356 g/mol. The molecule has 3 aromatic rings. The van der Waals surface area contributed by atoms with E-state index in [2.05, 4.69) is 4.98 Å². The molecule has 0 aliphatic heterocycles. The van der Waals surface area contributed by atoms with Crippen molar-refractivity contribution < 1.29 is 14.4 Å². The van der Waals surface area contributed by atoms with Crippen LogP contribution in [0.2, 0.25) is 0 Å². The largest absolute Gasteiger partial charge is 0.487 e. The molecule has 0 bridgehead atoms. The fraction of sp³-hybridized carbons (Fsp3) is 0.167. The number of nitro benzene ring substituents is 1. The molecule has 7 heteroatoms. The Morgan fingerprint density at radius 1 is 1.08 bits per heavy atom. The van der Waals surface area contributed by atoms with Gasteiger partial charge in [0.25, 0.3) is 5.69 Å². The van der Waals surface area contributed by atoms with Gasteiger partial charge in [0, 0.05) is 11.4 Å². The molecule has 0 N–H and O–H groups in total. The van der Waals surface area contributed by atoms with Crippen LogP contribution in [-0.4, -0.2) is 9.91 Å². The highest BCUT2D eigenvalue weighted by atomic mass is 32.1. The van der Waals surface area contributed by atoms with E-state index in [1.165, 1.54) is 29.0 Å². The summed E-state index contributed by atoms with van der Waals surface area (Å²) < 4.78 is 11.3. The number of aryl methyl sites for hydroxylation is 1. The molecule has 0 unspecified atom stereocenters. The van der Waals surface area contributed by atoms with Gasteiger partial charge in [0.15, 0.2) is 0 Å². The second-order valence-corrected chi connectivity index (χ2v) is 6.32. The highest BCUT2D eigenvalue weighted by Gasteiger charge is 2.08. The number of benzene rings is 2. The number of ether oxygens (including phenoxy) is 2. The third-order valence-electron chi connectivity index (χ3n) is 3.40. The predicted molar refractivity (Wildman–Crippen MR) is 95.1 cm³/mol. The van der Waals surface area contributed by atoms with Crippen LogP contribution >= 0.6 is 11.3 Å². The van der Waals surface area contributed by atoms with Crippen LogP contribution in [0.15, 0.2) is 53.9 Å². The molecule has 0 atom stereocenters. The maximum Gasteiger partial charge on any atom is 0.273 e. The van der Waals surface area contributed by atoms with Gasteiger partial charge in [-0.25, -0.2) is 4.98 Å². The van der Waals surface area contributed by atoms with Crippen molar-refractivity contribution in [3.63, 3.8) is 0 Å². The summed E-state index contributed by atoms with van der Waals surface area (Å²) >= 11 is 1.49. The van der Waals surface area contributed by atoms with E-state index in [1.54, 1.807) is 12.1 Å². The molecule has 0 fully saturated rings. The van der Waals surface area contributed by atoms with Crippen LogP contribution in [0, 0.1) is 17.0 Å². The first-order chi connectivity index (χ1) is 12.1. The highest BCUT2D eigenvalue weighted by molar-refractivity contribution is 7.09. The zero-order chi connectivity index (χ0) is 17.6. The summed E-state index contributed by atoms with van der Waals surface area (Å²) in [5.74, 6) is 1.25. The number of non-ortho nitro benzene ring substituents is 1. The van der Waals surface area contributed by atoms with Crippen LogP contribution in [0.25, 0.3) is 0 Å². The Bertz CT molecular complexity index is 862. The minimum absolute atomic E-state index is 0.00275. The third kappa shape index (κ3) is 4.77. The van der Waals surface area contributed by atoms with Crippen LogP contribution < -0.4 is 9.47 Å². The molecule has 2 aromatic carbocycles. The minimum atomic E-state index is -0.448. The molecule has 3 rings (SSSR count). The Hall–Kier alpha value is -2.93. The number of rotatable bonds is 7. The van der Waals surface area contributed by atoms with Gasteiger partial charge in [-0.2, -0.15) is 0 Å². The molecule has 0 aliphatic rings. The second-order valence-electron chi connectivity index (χ2n) is 5.38. The van der Waals surface area contributed by atoms with Gasteiger partial charge in [-0.05, 0) is 25.1 Å². The van der Waals surface area contributed by atoms with Gasteiger partial charge in [0.05, 0.1) is 16.7 Å². The topological polar surface area (TPSA) is 74.5 Å². The molecule has 0 saturated heterocycles. The van der Waals surface area contributed by atoms with E-state index < -0.39 is 4.92 Å². The predicted octanol–water partition coefficient (Wildman–Crippen LogP) is 4.52. The summed E-state index contributed by atoms with van der Waals surface area (Å²) in [4.78, 5) is 14.8. The Morgan fingerprint density at radius 3 is 2.60 bits per heavy atom. The summed E-state index contributed by atoms with van der Waals surface area (Å²) in [5.41, 5.74) is 1.95. The standard InChI is InChI=1S/C18H16N2O4S/c1-13-5-7-16(8-6-13)24-11-18-19-14(12-25-18)10-23-17-4-2-3-15(9-17)20(21)22/h2-9,12H,10-11H2,1H3. The van der Waals surface area contributed by atoms with Crippen LogP contribution in [0.5, 0.6) is 11.5 Å². The van der Waals surface area contributed by atoms with E-state index in [1.807, 2.05) is 36.6 Å². The monoisotopic (exact) mass is 356 g/mol. The highest BCUT2D eigenvalue weighted by Crippen LogP contribution is 2.21. The van der Waals surface area contributed by atoms with Crippen molar-refractivity contribution in [2.24, 2.45) is 0 Å². The lowest BCUT2D eigenvalue weighted by Gasteiger charge is -2.04. The van der Waals surface area contributed by atoms with Gasteiger partial charge in [-0.1, -0.05) is 23.8 Å². The van der Waals surface area contributed by atoms with Gasteiger partial charge < -0.3 is 9.47 Å². The smallest absolute Gasteiger partial charge is 0.273 e. The maximum atomic E-state index is 10.8. The Balaban J connectivity index is 1.54. The lowest BCUT2D eigenvalue weighted by molar-refractivity contribution is -0.384. The normalized spacial score (nSPS) is 10.4. The minimum Gasteiger partial charge on any atom is -0.487 e. The van der Waals surface area contributed by atoms with Gasteiger partial charge in [-0.3, -0.25) is 10.1 Å². The number of nitrogens with zero attached hydrogens (tertiary/aromatic N) is 2. The molecule has 128 valence electrons. The van der Waals surface area contributed by atoms with Crippen LogP contribution in [0.1, 0.15) is 16.3 Å². The van der Waals surface area contributed by atoms with Crippen molar-refractivity contribution >= 4 is 17.0 Å². The molecular formula is C18H16N2O4S. The number of hydrogen-bond acceptors (Lipinski definition) is 6. The summed E-state index contributed by atoms with van der Waals surface area (Å²) in [7, 11) is 0. The first-order valence-corrected chi connectivity index (χ1v) is 8.48. The summed E-state index contributed by atoms with van der Waals surface area (Å²) in [5, 5.41) is 13.5. The van der Waals surface area contributed by atoms with E-state index in [0.717, 1.165) is 16.5 Å². The lowest BCUT2D eigenvalue weighted by atomic mass is 10.2. The van der Waals surface area contributed by atoms with Crippen molar-refractivity contribution in [2.75, 3.05) is 0 Å². The van der Waals surface area contributed by atoms with Crippen LogP contribution in [-0.2, 0) is 13.2 Å². The molecule has 1 aromatic heterocycles. The van der Waals surface area contributed by atoms with E-state index in [4.69, 9.17) is 9.47 Å². The summed E-state index contributed by atoms with van der Waals surface area (Å²) in [6, 6.07) is 13.9. The zero-order valence-corrected chi connectivity index (χ0v) is 14.4. The molecule has 0 saturated carbocycles. The van der Waals surface area contributed by atoms with Crippen molar-refractivity contribution in [3.05, 3.63) is 80.3 Å². The van der Waals surface area contributed by atoms with Gasteiger partial charge in [0.2, 0.25) is 0 Å². The second kappa shape index (κ2) is 7.76. The van der Waals surface area contributed by atoms with E-state index in [0.29, 0.717) is 12.4 Å². The summed E-state index contributed by atoms with van der Waals surface area (Å²) in [6.07, 6.45) is 0. The van der Waals surface area contributed by atoms with E-state index >= 15 is 0 Å². The molecule has 1 heterocycles. The Labute approximate surface area is 148 Å². The molecule has 0 aliphatic carbocycles.